The Morgan fingerprint density at radius 2 is 2.18 bits per heavy atom. The number of nitrogens with zero attached hydrogens (tertiary/aromatic N) is 1. The van der Waals surface area contributed by atoms with Crippen molar-refractivity contribution in [2.45, 2.75) is 0 Å². The maximum atomic E-state index is 11.8. The molecule has 2 rings (SSSR count). The van der Waals surface area contributed by atoms with Gasteiger partial charge in [0.15, 0.2) is 0 Å². The van der Waals surface area contributed by atoms with Crippen molar-refractivity contribution in [3.05, 3.63) is 47.1 Å². The quantitative estimate of drug-likeness (QED) is 0.861. The number of nitrogens with one attached hydrogen (secondary N) is 1. The largest absolute Gasteiger partial charge is 0.366 e. The normalized spacial score (nSPS) is 9.88. The molecule has 0 unspecified atom stereocenters. The molecule has 86 valence electrons. The van der Waals surface area contributed by atoms with Gasteiger partial charge in [-0.25, -0.2) is 0 Å². The lowest BCUT2D eigenvalue weighted by Gasteiger charge is -2.03. The standard InChI is InChI=1S/C11H9N3O2S/c12-9(15)8-3-5-17-11(8)14-10(16)7-2-1-4-13-6-7/h1-6H,(H2,12,15)(H,14,16). The molecule has 0 aromatic carbocycles. The Kier molecular flexibility index (Phi) is 3.15. The van der Waals surface area contributed by atoms with Gasteiger partial charge in [0, 0.05) is 12.4 Å². The first kappa shape index (κ1) is 11.3. The maximum Gasteiger partial charge on any atom is 0.257 e. The molecule has 5 nitrogen and oxygen atoms in total. The first-order chi connectivity index (χ1) is 8.18. The van der Waals surface area contributed by atoms with Gasteiger partial charge in [0.2, 0.25) is 0 Å². The van der Waals surface area contributed by atoms with Crippen molar-refractivity contribution in [1.29, 1.82) is 0 Å². The topological polar surface area (TPSA) is 85.1 Å². The van der Waals surface area contributed by atoms with Crippen LogP contribution in [0.5, 0.6) is 0 Å². The van der Waals surface area contributed by atoms with Gasteiger partial charge in [-0.3, -0.25) is 14.6 Å². The molecule has 6 heteroatoms. The van der Waals surface area contributed by atoms with E-state index in [1.165, 1.54) is 17.5 Å². The smallest absolute Gasteiger partial charge is 0.257 e. The summed E-state index contributed by atoms with van der Waals surface area (Å²) in [5, 5.41) is 4.77. The first-order valence-corrected chi connectivity index (χ1v) is 5.65. The monoisotopic (exact) mass is 247 g/mol. The van der Waals surface area contributed by atoms with Crippen LogP contribution in [0.1, 0.15) is 20.7 Å². The van der Waals surface area contributed by atoms with E-state index in [1.54, 1.807) is 29.8 Å². The Morgan fingerprint density at radius 3 is 2.82 bits per heavy atom. The highest BCUT2D eigenvalue weighted by Gasteiger charge is 2.13. The average Bonchev–Trinajstić information content (AvgIpc) is 2.78. The van der Waals surface area contributed by atoms with Crippen LogP contribution >= 0.6 is 11.3 Å². The van der Waals surface area contributed by atoms with Gasteiger partial charge in [-0.05, 0) is 23.6 Å². The molecule has 0 fully saturated rings. The fourth-order valence-electron chi connectivity index (χ4n) is 1.27. The van der Waals surface area contributed by atoms with Crippen LogP contribution in [-0.2, 0) is 0 Å². The molecule has 3 N–H and O–H groups in total. The Bertz CT molecular complexity index is 551. The van der Waals surface area contributed by atoms with E-state index in [0.29, 0.717) is 16.1 Å². The molecule has 0 aliphatic rings. The van der Waals surface area contributed by atoms with Crippen molar-refractivity contribution in [2.75, 3.05) is 5.32 Å². The van der Waals surface area contributed by atoms with Gasteiger partial charge in [0.25, 0.3) is 11.8 Å². The summed E-state index contributed by atoms with van der Waals surface area (Å²) in [6.45, 7) is 0. The van der Waals surface area contributed by atoms with Crippen molar-refractivity contribution in [3.63, 3.8) is 0 Å². The third-order valence-corrected chi connectivity index (χ3v) is 2.91. The van der Waals surface area contributed by atoms with Crippen molar-refractivity contribution in [2.24, 2.45) is 5.73 Å². The lowest BCUT2D eigenvalue weighted by molar-refractivity contribution is 0.100. The maximum absolute atomic E-state index is 11.8. The van der Waals surface area contributed by atoms with E-state index in [0.717, 1.165) is 0 Å². The van der Waals surface area contributed by atoms with E-state index < -0.39 is 5.91 Å². The molecular formula is C11H9N3O2S. The highest BCUT2D eigenvalue weighted by atomic mass is 32.1. The van der Waals surface area contributed by atoms with Crippen LogP contribution in [0.25, 0.3) is 0 Å². The molecule has 2 aromatic rings. The van der Waals surface area contributed by atoms with Crippen molar-refractivity contribution in [3.8, 4) is 0 Å². The zero-order valence-corrected chi connectivity index (χ0v) is 9.53. The van der Waals surface area contributed by atoms with Crippen LogP contribution in [0.2, 0.25) is 0 Å². The number of rotatable bonds is 3. The minimum absolute atomic E-state index is 0.312. The SMILES string of the molecule is NC(=O)c1ccsc1NC(=O)c1cccnc1. The summed E-state index contributed by atoms with van der Waals surface area (Å²) in [7, 11) is 0. The van der Waals surface area contributed by atoms with Gasteiger partial charge in [-0.15, -0.1) is 11.3 Å². The molecule has 0 spiro atoms. The number of amides is 2. The van der Waals surface area contributed by atoms with Gasteiger partial charge >= 0.3 is 0 Å². The predicted molar refractivity (Wildman–Crippen MR) is 65.0 cm³/mol. The molecule has 0 aliphatic heterocycles. The zero-order chi connectivity index (χ0) is 12.3. The Balaban J connectivity index is 2.19. The molecule has 0 radical (unpaired) electrons. The third-order valence-electron chi connectivity index (χ3n) is 2.08. The second-order valence-electron chi connectivity index (χ2n) is 3.22. The molecule has 0 bridgehead atoms. The van der Waals surface area contributed by atoms with Gasteiger partial charge in [0.05, 0.1) is 11.1 Å². The molecule has 2 heterocycles. The lowest BCUT2D eigenvalue weighted by atomic mass is 10.2. The summed E-state index contributed by atoms with van der Waals surface area (Å²) in [5.74, 6) is -0.879. The van der Waals surface area contributed by atoms with Gasteiger partial charge < -0.3 is 11.1 Å². The summed E-state index contributed by atoms with van der Waals surface area (Å²) < 4.78 is 0. The zero-order valence-electron chi connectivity index (χ0n) is 8.71. The van der Waals surface area contributed by atoms with Crippen molar-refractivity contribution >= 4 is 28.2 Å². The Hall–Kier alpha value is -2.21. The van der Waals surface area contributed by atoms with Crippen LogP contribution in [0.3, 0.4) is 0 Å². The van der Waals surface area contributed by atoms with Crippen LogP contribution < -0.4 is 11.1 Å². The summed E-state index contributed by atoms with van der Waals surface area (Å²) >= 11 is 1.25. The van der Waals surface area contributed by atoms with Gasteiger partial charge in [0.1, 0.15) is 5.00 Å². The lowest BCUT2D eigenvalue weighted by Crippen LogP contribution is -2.16. The van der Waals surface area contributed by atoms with Crippen LogP contribution in [0.15, 0.2) is 36.0 Å². The van der Waals surface area contributed by atoms with Gasteiger partial charge in [-0.2, -0.15) is 0 Å². The number of aromatic nitrogens is 1. The number of thiophene rings is 1. The summed E-state index contributed by atoms with van der Waals surface area (Å²) in [5.41, 5.74) is 5.92. The molecular weight excluding hydrogens is 238 g/mol. The average molecular weight is 247 g/mol. The van der Waals surface area contributed by atoms with Crippen molar-refractivity contribution in [1.82, 2.24) is 4.98 Å². The number of hydrogen-bond donors (Lipinski definition) is 2. The molecule has 17 heavy (non-hydrogen) atoms. The summed E-state index contributed by atoms with van der Waals surface area (Å²) in [4.78, 5) is 26.7. The molecule has 2 aromatic heterocycles. The minimum Gasteiger partial charge on any atom is -0.366 e. The number of anilines is 1. The second-order valence-corrected chi connectivity index (χ2v) is 4.14. The number of carbonyl (C=O) groups excluding carboxylic acids is 2. The summed E-state index contributed by atoms with van der Waals surface area (Å²) in [6.07, 6.45) is 3.03. The van der Waals surface area contributed by atoms with E-state index in [1.807, 2.05) is 0 Å². The van der Waals surface area contributed by atoms with Crippen LogP contribution in [0.4, 0.5) is 5.00 Å². The van der Waals surface area contributed by atoms with E-state index in [4.69, 9.17) is 5.73 Å². The fraction of sp³-hybridized carbons (Fsp3) is 0. The Labute approximate surface area is 101 Å². The van der Waals surface area contributed by atoms with Crippen LogP contribution in [0, 0.1) is 0 Å². The molecule has 0 saturated heterocycles. The third kappa shape index (κ3) is 2.48. The van der Waals surface area contributed by atoms with E-state index in [9.17, 15) is 9.59 Å². The fourth-order valence-corrected chi connectivity index (χ4v) is 2.06. The number of nitrogens with two attached hydrogens (primary N) is 1. The molecule has 2 amide bonds. The first-order valence-electron chi connectivity index (χ1n) is 4.77. The van der Waals surface area contributed by atoms with Gasteiger partial charge in [-0.1, -0.05) is 0 Å². The van der Waals surface area contributed by atoms with E-state index in [-0.39, 0.29) is 5.91 Å². The predicted octanol–water partition coefficient (Wildman–Crippen LogP) is 1.49. The summed E-state index contributed by atoms with van der Waals surface area (Å²) in [6, 6.07) is 4.88. The van der Waals surface area contributed by atoms with E-state index >= 15 is 0 Å². The number of primary amides is 1. The molecule has 0 aliphatic carbocycles. The van der Waals surface area contributed by atoms with E-state index in [2.05, 4.69) is 10.3 Å². The number of hydrogen-bond acceptors (Lipinski definition) is 4. The minimum atomic E-state index is -0.562. The molecule has 0 atom stereocenters. The Morgan fingerprint density at radius 1 is 1.35 bits per heavy atom. The highest BCUT2D eigenvalue weighted by Crippen LogP contribution is 2.23. The highest BCUT2D eigenvalue weighted by molar-refractivity contribution is 7.14. The molecule has 0 saturated carbocycles. The van der Waals surface area contributed by atoms with Crippen molar-refractivity contribution < 1.29 is 9.59 Å². The second kappa shape index (κ2) is 4.75. The van der Waals surface area contributed by atoms with Crippen LogP contribution in [-0.4, -0.2) is 16.8 Å². The number of pyridine rings is 1. The number of carbonyl (C=O) groups is 2.